The molecule has 0 spiro atoms. The summed E-state index contributed by atoms with van der Waals surface area (Å²) < 4.78 is 0. The van der Waals surface area contributed by atoms with Gasteiger partial charge in [-0.2, -0.15) is 0 Å². The molecule has 4 saturated carbocycles. The zero-order valence-corrected chi connectivity index (χ0v) is 20.5. The van der Waals surface area contributed by atoms with E-state index in [2.05, 4.69) is 58.0 Å². The van der Waals surface area contributed by atoms with Gasteiger partial charge in [0.25, 0.3) is 0 Å². The Morgan fingerprint density at radius 2 is 1.45 bits per heavy atom. The van der Waals surface area contributed by atoms with Crippen LogP contribution in [0.3, 0.4) is 0 Å². The topological polar surface area (TPSA) is 52.0 Å². The maximum Gasteiger partial charge on any atom is 0.0497 e. The van der Waals surface area contributed by atoms with E-state index in [1.165, 1.54) is 69.8 Å². The molecule has 4 fully saturated rings. The van der Waals surface area contributed by atoms with Gasteiger partial charge in [-0.1, -0.05) is 51.1 Å². The molecule has 4 N–H and O–H groups in total. The predicted octanol–water partition coefficient (Wildman–Crippen LogP) is 6.63. The molecule has 0 amide bonds. The number of hydrogen-bond acceptors (Lipinski definition) is 2. The Morgan fingerprint density at radius 3 is 2.06 bits per heavy atom. The minimum absolute atomic E-state index is 0.0220. The summed E-state index contributed by atoms with van der Waals surface area (Å²) >= 11 is 0. The maximum absolute atomic E-state index is 7.54. The van der Waals surface area contributed by atoms with Crippen LogP contribution < -0.4 is 11.5 Å². The molecule has 5 rings (SSSR count). The van der Waals surface area contributed by atoms with Crippen LogP contribution >= 0.6 is 0 Å². The monoisotopic (exact) mass is 422 g/mol. The van der Waals surface area contributed by atoms with Crippen LogP contribution in [0.2, 0.25) is 0 Å². The molecule has 0 radical (unpaired) electrons. The van der Waals surface area contributed by atoms with Crippen LogP contribution in [0.25, 0.3) is 0 Å². The van der Waals surface area contributed by atoms with Crippen molar-refractivity contribution in [2.75, 3.05) is 0 Å². The highest BCUT2D eigenvalue weighted by Gasteiger charge is 2.67. The second-order valence-corrected chi connectivity index (χ2v) is 12.2. The molecule has 0 aromatic heterocycles. The van der Waals surface area contributed by atoms with Crippen molar-refractivity contribution in [3.05, 3.63) is 35.9 Å². The van der Waals surface area contributed by atoms with E-state index in [4.69, 9.17) is 11.5 Å². The molecule has 0 aliphatic heterocycles. The molecule has 1 aromatic carbocycles. The van der Waals surface area contributed by atoms with Crippen molar-refractivity contribution in [1.82, 2.24) is 0 Å². The van der Waals surface area contributed by atoms with Crippen LogP contribution in [0.15, 0.2) is 30.3 Å². The molecular formula is C29H46N2. The van der Waals surface area contributed by atoms with Crippen LogP contribution in [0.5, 0.6) is 0 Å². The fourth-order valence-electron chi connectivity index (χ4n) is 10.4. The third kappa shape index (κ3) is 2.58. The summed E-state index contributed by atoms with van der Waals surface area (Å²) in [5, 5.41) is 0. The summed E-state index contributed by atoms with van der Waals surface area (Å²) in [5.41, 5.74) is 16.5. The first kappa shape index (κ1) is 22.0. The average Bonchev–Trinajstić information content (AvgIpc) is 3.52. The molecule has 172 valence electrons. The first-order valence-corrected chi connectivity index (χ1v) is 13.4. The first-order valence-electron chi connectivity index (χ1n) is 13.4. The van der Waals surface area contributed by atoms with Crippen LogP contribution in [0.4, 0.5) is 0 Å². The highest BCUT2D eigenvalue weighted by atomic mass is 14.9. The molecule has 4 bridgehead atoms. The van der Waals surface area contributed by atoms with Crippen molar-refractivity contribution >= 4 is 0 Å². The Kier molecular flexibility index (Phi) is 5.19. The normalized spacial score (nSPS) is 47.4. The minimum Gasteiger partial charge on any atom is -0.325 e. The van der Waals surface area contributed by atoms with Crippen molar-refractivity contribution in [2.45, 2.75) is 103 Å². The van der Waals surface area contributed by atoms with Crippen LogP contribution in [-0.4, -0.2) is 5.54 Å². The third-order valence-corrected chi connectivity index (χ3v) is 12.1. The average molecular weight is 423 g/mol. The molecular weight excluding hydrogens is 376 g/mol. The number of benzene rings is 1. The van der Waals surface area contributed by atoms with Gasteiger partial charge in [0.1, 0.15) is 0 Å². The summed E-state index contributed by atoms with van der Waals surface area (Å²) in [6.07, 6.45) is 13.2. The molecule has 4 aliphatic rings. The second-order valence-electron chi connectivity index (χ2n) is 12.2. The highest BCUT2D eigenvalue weighted by molar-refractivity contribution is 5.33. The molecule has 4 unspecified atom stereocenters. The molecule has 4 aliphatic carbocycles. The van der Waals surface area contributed by atoms with Gasteiger partial charge in [-0.15, -0.1) is 0 Å². The van der Waals surface area contributed by atoms with Crippen molar-refractivity contribution in [3.63, 3.8) is 0 Å². The maximum atomic E-state index is 7.54. The number of rotatable bonds is 7. The summed E-state index contributed by atoms with van der Waals surface area (Å²) in [5.74, 6) is 3.87. The lowest BCUT2D eigenvalue weighted by atomic mass is 9.53. The zero-order valence-electron chi connectivity index (χ0n) is 20.5. The quantitative estimate of drug-likeness (QED) is 0.518. The smallest absolute Gasteiger partial charge is 0.0497 e. The van der Waals surface area contributed by atoms with Gasteiger partial charge in [-0.3, -0.25) is 0 Å². The van der Waals surface area contributed by atoms with E-state index in [-0.39, 0.29) is 16.5 Å². The van der Waals surface area contributed by atoms with E-state index >= 15 is 0 Å². The lowest BCUT2D eigenvalue weighted by molar-refractivity contribution is -0.00993. The number of nitrogens with two attached hydrogens (primary N) is 2. The lowest BCUT2D eigenvalue weighted by Crippen LogP contribution is -2.59. The summed E-state index contributed by atoms with van der Waals surface area (Å²) in [4.78, 5) is 0. The molecule has 31 heavy (non-hydrogen) atoms. The Labute approximate surface area is 190 Å². The second kappa shape index (κ2) is 7.32. The van der Waals surface area contributed by atoms with E-state index in [0.717, 1.165) is 23.7 Å². The molecule has 1 aromatic rings. The Hall–Kier alpha value is -0.860. The lowest BCUT2D eigenvalue weighted by Gasteiger charge is -2.54. The Balaban J connectivity index is 1.43. The van der Waals surface area contributed by atoms with Gasteiger partial charge < -0.3 is 11.5 Å². The zero-order chi connectivity index (χ0) is 22.1. The van der Waals surface area contributed by atoms with Crippen molar-refractivity contribution in [1.29, 1.82) is 0 Å². The van der Waals surface area contributed by atoms with Crippen LogP contribution in [-0.2, 0) is 5.54 Å². The fraction of sp³-hybridized carbons (Fsp3) is 0.793. The van der Waals surface area contributed by atoms with Gasteiger partial charge in [0, 0.05) is 11.1 Å². The van der Waals surface area contributed by atoms with E-state index in [9.17, 15) is 0 Å². The minimum atomic E-state index is -0.140. The number of fused-ring (bicyclic) bond motifs is 4. The Bertz CT molecular complexity index is 796. The Morgan fingerprint density at radius 1 is 0.806 bits per heavy atom. The number of hydrogen-bond donors (Lipinski definition) is 2. The van der Waals surface area contributed by atoms with Gasteiger partial charge in [-0.05, 0) is 117 Å². The highest BCUT2D eigenvalue weighted by Crippen LogP contribution is 2.70. The van der Waals surface area contributed by atoms with Crippen molar-refractivity contribution in [3.8, 4) is 0 Å². The van der Waals surface area contributed by atoms with Crippen LogP contribution in [0.1, 0.15) is 97.5 Å². The van der Waals surface area contributed by atoms with Gasteiger partial charge in [0.15, 0.2) is 0 Å². The predicted molar refractivity (Wildman–Crippen MR) is 130 cm³/mol. The molecule has 0 saturated heterocycles. The summed E-state index contributed by atoms with van der Waals surface area (Å²) in [6, 6.07) is 11.2. The summed E-state index contributed by atoms with van der Waals surface area (Å²) in [6.45, 7) is 9.61. The largest absolute Gasteiger partial charge is 0.325 e. The standard InChI is InChI=1S/C29H46N2/c1-5-27(6-2)25-19-24(26(27,4)30)17-20(25)15-16-28(7-3)22-13-14-23(18-22)29(28,31)21-11-9-8-10-12-21/h8-12,20,22-25H,5-7,13-19,30-31H2,1-4H3/t20?,22?,23-,24-,25?,26+,28?,29+/m1/s1. The van der Waals surface area contributed by atoms with Crippen molar-refractivity contribution < 1.29 is 0 Å². The van der Waals surface area contributed by atoms with E-state index in [1.54, 1.807) is 0 Å². The van der Waals surface area contributed by atoms with Gasteiger partial charge in [0.05, 0.1) is 0 Å². The van der Waals surface area contributed by atoms with Gasteiger partial charge >= 0.3 is 0 Å². The first-order chi connectivity index (χ1) is 14.8. The van der Waals surface area contributed by atoms with Crippen molar-refractivity contribution in [2.24, 2.45) is 51.9 Å². The fourth-order valence-corrected chi connectivity index (χ4v) is 10.4. The van der Waals surface area contributed by atoms with Crippen LogP contribution in [0, 0.1) is 40.4 Å². The van der Waals surface area contributed by atoms with Gasteiger partial charge in [-0.25, -0.2) is 0 Å². The molecule has 0 heterocycles. The van der Waals surface area contributed by atoms with Gasteiger partial charge in [0.2, 0.25) is 0 Å². The molecule has 2 heteroatoms. The van der Waals surface area contributed by atoms with E-state index < -0.39 is 0 Å². The third-order valence-electron chi connectivity index (χ3n) is 12.1. The molecule has 2 nitrogen and oxygen atoms in total. The van der Waals surface area contributed by atoms with E-state index in [1.807, 2.05) is 0 Å². The summed E-state index contributed by atoms with van der Waals surface area (Å²) in [7, 11) is 0. The van der Waals surface area contributed by atoms with E-state index in [0.29, 0.717) is 11.3 Å². The molecule has 8 atom stereocenters. The SMILES string of the molecule is CCC1(CC)C2C[C@@H](CC2CCC2(CC)C3CC[C@H](C3)[C@@]2(N)c2ccccc2)[C@]1(C)N.